The van der Waals surface area contributed by atoms with Crippen molar-refractivity contribution in [3.05, 3.63) is 64.4 Å². The van der Waals surface area contributed by atoms with Crippen LogP contribution in [0.1, 0.15) is 37.1 Å². The van der Waals surface area contributed by atoms with E-state index >= 15 is 0 Å². The highest BCUT2D eigenvalue weighted by atomic mass is 79.9. The first-order chi connectivity index (χ1) is 15.7. The zero-order valence-electron chi connectivity index (χ0n) is 17.8. The van der Waals surface area contributed by atoms with Gasteiger partial charge >= 0.3 is 0 Å². The Morgan fingerprint density at radius 2 is 1.78 bits per heavy atom. The number of hydrogen-bond acceptors (Lipinski definition) is 5. The highest BCUT2D eigenvalue weighted by Gasteiger charge is 2.21. The van der Waals surface area contributed by atoms with Gasteiger partial charge in [-0.1, -0.05) is 40.2 Å². The maximum absolute atomic E-state index is 12.5. The van der Waals surface area contributed by atoms with Gasteiger partial charge < -0.3 is 10.2 Å². The summed E-state index contributed by atoms with van der Waals surface area (Å²) in [6.45, 7) is 2.49. The lowest BCUT2D eigenvalue weighted by molar-refractivity contribution is -0.121. The largest absolute Gasteiger partial charge is 0.353 e. The van der Waals surface area contributed by atoms with Gasteiger partial charge in [0, 0.05) is 36.9 Å². The van der Waals surface area contributed by atoms with Gasteiger partial charge in [0.15, 0.2) is 5.82 Å². The Balaban J connectivity index is 1.37. The van der Waals surface area contributed by atoms with Gasteiger partial charge in [-0.2, -0.15) is 0 Å². The summed E-state index contributed by atoms with van der Waals surface area (Å²) in [6, 6.07) is 16.0. The van der Waals surface area contributed by atoms with Crippen molar-refractivity contribution in [2.75, 3.05) is 18.0 Å². The third-order valence-electron chi connectivity index (χ3n) is 5.91. The third kappa shape index (κ3) is 4.32. The average Bonchev–Trinajstić information content (AvgIpc) is 3.27. The molecule has 0 spiro atoms. The maximum Gasteiger partial charge on any atom is 0.220 e. The molecule has 8 heteroatoms. The summed E-state index contributed by atoms with van der Waals surface area (Å²) in [5, 5.41) is 12.0. The van der Waals surface area contributed by atoms with E-state index in [-0.39, 0.29) is 5.91 Å². The number of rotatable bonds is 6. The molecule has 32 heavy (non-hydrogen) atoms. The molecule has 0 aliphatic carbocycles. The van der Waals surface area contributed by atoms with Crippen LogP contribution < -0.4 is 10.2 Å². The predicted molar refractivity (Wildman–Crippen MR) is 129 cm³/mol. The third-order valence-corrected chi connectivity index (χ3v) is 6.44. The molecule has 1 fully saturated rings. The lowest BCUT2D eigenvalue weighted by Crippen LogP contribution is -2.30. The smallest absolute Gasteiger partial charge is 0.220 e. The van der Waals surface area contributed by atoms with Gasteiger partial charge in [-0.05, 0) is 49.1 Å². The second-order valence-corrected chi connectivity index (χ2v) is 9.07. The number of aryl methyl sites for hydroxylation is 1. The zero-order valence-corrected chi connectivity index (χ0v) is 19.4. The fourth-order valence-corrected chi connectivity index (χ4v) is 4.49. The molecule has 1 amide bonds. The number of fused-ring (bicyclic) bond motifs is 3. The van der Waals surface area contributed by atoms with Crippen LogP contribution in [0, 0.1) is 0 Å². The van der Waals surface area contributed by atoms with Crippen LogP contribution >= 0.6 is 15.9 Å². The van der Waals surface area contributed by atoms with Crippen molar-refractivity contribution in [2.45, 2.75) is 38.6 Å². The zero-order chi connectivity index (χ0) is 21.9. The normalized spacial score (nSPS) is 14.2. The fourth-order valence-electron chi connectivity index (χ4n) is 4.22. The first-order valence-corrected chi connectivity index (χ1v) is 11.9. The first-order valence-electron chi connectivity index (χ1n) is 11.1. The Kier molecular flexibility index (Phi) is 6.03. The van der Waals surface area contributed by atoms with Crippen molar-refractivity contribution < 1.29 is 4.79 Å². The Bertz CT molecular complexity index is 1250. The topological polar surface area (TPSA) is 75.4 Å². The molecule has 3 heterocycles. The second-order valence-electron chi connectivity index (χ2n) is 8.15. The molecule has 4 aromatic rings. The van der Waals surface area contributed by atoms with Gasteiger partial charge in [0.25, 0.3) is 0 Å². The molecule has 0 atom stereocenters. The summed E-state index contributed by atoms with van der Waals surface area (Å²) in [5.41, 5.74) is 3.73. The van der Waals surface area contributed by atoms with Crippen molar-refractivity contribution in [1.29, 1.82) is 0 Å². The summed E-state index contributed by atoms with van der Waals surface area (Å²) in [6.07, 6.45) is 4.46. The number of anilines is 1. The van der Waals surface area contributed by atoms with Crippen LogP contribution in [0.5, 0.6) is 0 Å². The van der Waals surface area contributed by atoms with Crippen LogP contribution in [0.15, 0.2) is 53.0 Å². The van der Waals surface area contributed by atoms with Crippen LogP contribution in [0.25, 0.3) is 16.7 Å². The lowest BCUT2D eigenvalue weighted by atomic mass is 10.1. The molecule has 7 nitrogen and oxygen atoms in total. The molecular formula is C24H25BrN6O. The van der Waals surface area contributed by atoms with Gasteiger partial charge in [-0.15, -0.1) is 10.2 Å². The van der Waals surface area contributed by atoms with Crippen LogP contribution in [0.4, 0.5) is 5.82 Å². The van der Waals surface area contributed by atoms with Crippen molar-refractivity contribution in [1.82, 2.24) is 24.9 Å². The second kappa shape index (κ2) is 9.24. The molecule has 0 saturated carbocycles. The number of amides is 1. The van der Waals surface area contributed by atoms with Crippen molar-refractivity contribution >= 4 is 44.3 Å². The highest BCUT2D eigenvalue weighted by Crippen LogP contribution is 2.27. The number of carbonyl (C=O) groups is 1. The van der Waals surface area contributed by atoms with E-state index in [1.54, 1.807) is 0 Å². The highest BCUT2D eigenvalue weighted by molar-refractivity contribution is 9.10. The van der Waals surface area contributed by atoms with Gasteiger partial charge in [0.1, 0.15) is 5.82 Å². The molecule has 164 valence electrons. The van der Waals surface area contributed by atoms with E-state index < -0.39 is 0 Å². The number of piperidine rings is 1. The monoisotopic (exact) mass is 492 g/mol. The molecule has 0 radical (unpaired) electrons. The summed E-state index contributed by atoms with van der Waals surface area (Å²) >= 11 is 3.43. The quantitative estimate of drug-likeness (QED) is 0.434. The molecule has 1 N–H and O–H groups in total. The molecule has 1 aliphatic heterocycles. The molecule has 5 rings (SSSR count). The summed E-state index contributed by atoms with van der Waals surface area (Å²) < 4.78 is 3.10. The van der Waals surface area contributed by atoms with E-state index in [0.717, 1.165) is 51.4 Å². The number of nitrogens with zero attached hydrogens (tertiary/aromatic N) is 5. The minimum absolute atomic E-state index is 0.000663. The van der Waals surface area contributed by atoms with E-state index in [4.69, 9.17) is 4.98 Å². The van der Waals surface area contributed by atoms with Gasteiger partial charge in [0.2, 0.25) is 11.6 Å². The van der Waals surface area contributed by atoms with Gasteiger partial charge in [-0.25, -0.2) is 4.98 Å². The Morgan fingerprint density at radius 1 is 1.00 bits per heavy atom. The Morgan fingerprint density at radius 3 is 2.59 bits per heavy atom. The van der Waals surface area contributed by atoms with E-state index in [1.165, 1.54) is 19.3 Å². The maximum atomic E-state index is 12.5. The van der Waals surface area contributed by atoms with Crippen molar-refractivity contribution in [3.63, 3.8) is 0 Å². The molecule has 1 saturated heterocycles. The molecule has 2 aromatic carbocycles. The molecular weight excluding hydrogens is 468 g/mol. The minimum atomic E-state index is -0.000663. The molecule has 0 unspecified atom stereocenters. The lowest BCUT2D eigenvalue weighted by Gasteiger charge is -2.28. The SMILES string of the molecule is O=C(CCc1nnc2c(N3CCCCC3)nc3ccccc3n12)NCc1ccc(Br)cc1. The summed E-state index contributed by atoms with van der Waals surface area (Å²) in [7, 11) is 0. The van der Waals surface area contributed by atoms with Crippen LogP contribution in [-0.4, -0.2) is 38.6 Å². The number of benzene rings is 2. The number of halogens is 1. The van der Waals surface area contributed by atoms with E-state index in [9.17, 15) is 4.79 Å². The molecule has 1 aliphatic rings. The predicted octanol–water partition coefficient (Wildman–Crippen LogP) is 4.28. The van der Waals surface area contributed by atoms with Gasteiger partial charge in [0.05, 0.1) is 11.0 Å². The number of para-hydroxylation sites is 2. The van der Waals surface area contributed by atoms with Crippen LogP contribution in [0.2, 0.25) is 0 Å². The number of carbonyl (C=O) groups excluding carboxylic acids is 1. The summed E-state index contributed by atoms with van der Waals surface area (Å²) in [4.78, 5) is 19.7. The standard InChI is InChI=1S/C24H25BrN6O/c25-18-10-8-17(9-11-18)16-26-22(32)13-12-21-28-29-24-23(30-14-4-1-5-15-30)27-19-6-2-3-7-20(19)31(21)24/h2-3,6-11H,1,4-5,12-16H2,(H,26,32). The van der Waals surface area contributed by atoms with Crippen LogP contribution in [-0.2, 0) is 17.8 Å². The van der Waals surface area contributed by atoms with E-state index in [0.29, 0.717) is 19.4 Å². The molecule has 0 bridgehead atoms. The molecule has 2 aromatic heterocycles. The Hall–Kier alpha value is -3.00. The first kappa shape index (κ1) is 20.9. The fraction of sp³-hybridized carbons (Fsp3) is 0.333. The van der Waals surface area contributed by atoms with E-state index in [2.05, 4.69) is 40.7 Å². The van der Waals surface area contributed by atoms with Crippen LogP contribution in [0.3, 0.4) is 0 Å². The average molecular weight is 493 g/mol. The van der Waals surface area contributed by atoms with E-state index in [1.807, 2.05) is 48.5 Å². The van der Waals surface area contributed by atoms with Crippen molar-refractivity contribution in [3.8, 4) is 0 Å². The summed E-state index contributed by atoms with van der Waals surface area (Å²) in [5.74, 6) is 1.68. The van der Waals surface area contributed by atoms with Crippen molar-refractivity contribution in [2.24, 2.45) is 0 Å². The van der Waals surface area contributed by atoms with Gasteiger partial charge in [-0.3, -0.25) is 9.20 Å². The number of hydrogen-bond donors (Lipinski definition) is 1. The number of aromatic nitrogens is 4. The Labute approximate surface area is 195 Å². The minimum Gasteiger partial charge on any atom is -0.353 e. The number of nitrogens with one attached hydrogen (secondary N) is 1.